The Balaban J connectivity index is 1.69. The zero-order chi connectivity index (χ0) is 12.8. The van der Waals surface area contributed by atoms with Crippen LogP contribution in [0.25, 0.3) is 0 Å². The van der Waals surface area contributed by atoms with Crippen LogP contribution in [0.15, 0.2) is 36.4 Å². The summed E-state index contributed by atoms with van der Waals surface area (Å²) in [7, 11) is 0. The van der Waals surface area contributed by atoms with Gasteiger partial charge in [0, 0.05) is 0 Å². The van der Waals surface area contributed by atoms with E-state index in [1.165, 1.54) is 25.0 Å². The fraction of sp³-hybridized carbons (Fsp3) is 0.467. The SMILES string of the molecule is FC(F)(F)c1ccc(CC2CC3C=CC2C3)cc1. The van der Waals surface area contributed by atoms with E-state index in [1.54, 1.807) is 12.1 Å². The van der Waals surface area contributed by atoms with E-state index in [0.717, 1.165) is 17.9 Å². The highest BCUT2D eigenvalue weighted by Crippen LogP contribution is 2.44. The molecule has 96 valence electrons. The second-order valence-corrected chi connectivity index (χ2v) is 5.44. The minimum atomic E-state index is -4.23. The van der Waals surface area contributed by atoms with Crippen molar-refractivity contribution in [1.82, 2.24) is 0 Å². The van der Waals surface area contributed by atoms with Crippen LogP contribution in [0.1, 0.15) is 24.0 Å². The van der Waals surface area contributed by atoms with Gasteiger partial charge in [0.15, 0.2) is 0 Å². The average molecular weight is 252 g/mol. The van der Waals surface area contributed by atoms with Crippen LogP contribution in [0.2, 0.25) is 0 Å². The van der Waals surface area contributed by atoms with Crippen molar-refractivity contribution in [3.8, 4) is 0 Å². The molecule has 0 nitrogen and oxygen atoms in total. The zero-order valence-corrected chi connectivity index (χ0v) is 9.95. The van der Waals surface area contributed by atoms with Crippen LogP contribution in [0.3, 0.4) is 0 Å². The maximum absolute atomic E-state index is 12.4. The van der Waals surface area contributed by atoms with E-state index in [1.807, 2.05) is 0 Å². The molecule has 0 amide bonds. The Hall–Kier alpha value is -1.25. The van der Waals surface area contributed by atoms with Crippen molar-refractivity contribution >= 4 is 0 Å². The summed E-state index contributed by atoms with van der Waals surface area (Å²) < 4.78 is 37.3. The van der Waals surface area contributed by atoms with Crippen molar-refractivity contribution < 1.29 is 13.2 Å². The van der Waals surface area contributed by atoms with Crippen LogP contribution in [-0.4, -0.2) is 0 Å². The first-order chi connectivity index (χ1) is 8.52. The largest absolute Gasteiger partial charge is 0.416 e. The Morgan fingerprint density at radius 1 is 1.00 bits per heavy atom. The first-order valence-corrected chi connectivity index (χ1v) is 6.37. The highest BCUT2D eigenvalue weighted by atomic mass is 19.4. The molecule has 1 fully saturated rings. The zero-order valence-electron chi connectivity index (χ0n) is 9.95. The van der Waals surface area contributed by atoms with Crippen molar-refractivity contribution in [1.29, 1.82) is 0 Å². The maximum atomic E-state index is 12.4. The van der Waals surface area contributed by atoms with Crippen LogP contribution in [0.5, 0.6) is 0 Å². The van der Waals surface area contributed by atoms with Gasteiger partial charge < -0.3 is 0 Å². The molecule has 0 radical (unpaired) electrons. The molecule has 3 unspecified atom stereocenters. The lowest BCUT2D eigenvalue weighted by Gasteiger charge is -2.18. The smallest absolute Gasteiger partial charge is 0.166 e. The van der Waals surface area contributed by atoms with Gasteiger partial charge in [-0.25, -0.2) is 0 Å². The van der Waals surface area contributed by atoms with Crippen molar-refractivity contribution in [2.24, 2.45) is 17.8 Å². The van der Waals surface area contributed by atoms with Crippen molar-refractivity contribution in [3.05, 3.63) is 47.5 Å². The lowest BCUT2D eigenvalue weighted by molar-refractivity contribution is -0.137. The van der Waals surface area contributed by atoms with Crippen LogP contribution in [0.4, 0.5) is 13.2 Å². The monoisotopic (exact) mass is 252 g/mol. The first kappa shape index (κ1) is 11.8. The van der Waals surface area contributed by atoms with Gasteiger partial charge in [-0.2, -0.15) is 13.2 Å². The second kappa shape index (κ2) is 4.15. The number of rotatable bonds is 2. The molecule has 1 aromatic carbocycles. The molecule has 2 aliphatic carbocycles. The molecule has 0 N–H and O–H groups in total. The summed E-state index contributed by atoms with van der Waals surface area (Å²) >= 11 is 0. The minimum absolute atomic E-state index is 0.556. The topological polar surface area (TPSA) is 0 Å². The third-order valence-electron chi connectivity index (χ3n) is 4.20. The Morgan fingerprint density at radius 3 is 2.22 bits per heavy atom. The Kier molecular flexibility index (Phi) is 2.72. The van der Waals surface area contributed by atoms with Gasteiger partial charge in [-0.05, 0) is 54.7 Å². The van der Waals surface area contributed by atoms with E-state index in [4.69, 9.17) is 0 Å². The molecular formula is C15H15F3. The van der Waals surface area contributed by atoms with E-state index in [0.29, 0.717) is 11.8 Å². The predicted molar refractivity (Wildman–Crippen MR) is 64.0 cm³/mol. The molecule has 0 heterocycles. The number of allylic oxidation sites excluding steroid dienone is 2. The van der Waals surface area contributed by atoms with Crippen molar-refractivity contribution in [2.75, 3.05) is 0 Å². The van der Waals surface area contributed by atoms with Gasteiger partial charge >= 0.3 is 6.18 Å². The van der Waals surface area contributed by atoms with E-state index in [9.17, 15) is 13.2 Å². The number of hydrogen-bond donors (Lipinski definition) is 0. The molecule has 3 atom stereocenters. The maximum Gasteiger partial charge on any atom is 0.416 e. The summed E-state index contributed by atoms with van der Waals surface area (Å²) in [6.45, 7) is 0. The number of alkyl halides is 3. The number of fused-ring (bicyclic) bond motifs is 2. The molecular weight excluding hydrogens is 237 g/mol. The molecule has 18 heavy (non-hydrogen) atoms. The molecule has 3 heteroatoms. The summed E-state index contributed by atoms with van der Waals surface area (Å²) in [5, 5.41) is 0. The van der Waals surface area contributed by atoms with Gasteiger partial charge in [-0.15, -0.1) is 0 Å². The normalized spacial score (nSPS) is 30.1. The van der Waals surface area contributed by atoms with Crippen LogP contribution in [0, 0.1) is 17.8 Å². The summed E-state index contributed by atoms with van der Waals surface area (Å²) in [6.07, 6.45) is 3.68. The quantitative estimate of drug-likeness (QED) is 0.682. The van der Waals surface area contributed by atoms with E-state index < -0.39 is 11.7 Å². The highest BCUT2D eigenvalue weighted by Gasteiger charge is 2.35. The molecule has 0 spiro atoms. The number of benzene rings is 1. The third kappa shape index (κ3) is 2.18. The van der Waals surface area contributed by atoms with E-state index in [-0.39, 0.29) is 0 Å². The average Bonchev–Trinajstić information content (AvgIpc) is 2.90. The number of hydrogen-bond acceptors (Lipinski definition) is 0. The van der Waals surface area contributed by atoms with Crippen LogP contribution < -0.4 is 0 Å². The molecule has 2 bridgehead atoms. The number of halogens is 3. The molecule has 1 saturated carbocycles. The summed E-state index contributed by atoms with van der Waals surface area (Å²) in [4.78, 5) is 0. The Morgan fingerprint density at radius 2 is 1.72 bits per heavy atom. The molecule has 0 aromatic heterocycles. The van der Waals surface area contributed by atoms with Crippen molar-refractivity contribution in [2.45, 2.75) is 25.4 Å². The molecule has 1 aromatic rings. The fourth-order valence-electron chi connectivity index (χ4n) is 3.26. The summed E-state index contributed by atoms with van der Waals surface area (Å²) in [5.74, 6) is 1.99. The lowest BCUT2D eigenvalue weighted by Crippen LogP contribution is -2.10. The third-order valence-corrected chi connectivity index (χ3v) is 4.20. The molecule has 0 saturated heterocycles. The predicted octanol–water partition coefficient (Wildman–Crippen LogP) is 4.46. The minimum Gasteiger partial charge on any atom is -0.166 e. The van der Waals surface area contributed by atoms with Gasteiger partial charge in [-0.1, -0.05) is 24.3 Å². The molecule has 2 aliphatic rings. The first-order valence-electron chi connectivity index (χ1n) is 6.37. The molecule has 0 aliphatic heterocycles. The summed E-state index contributed by atoms with van der Waals surface area (Å²) in [6, 6.07) is 5.63. The fourth-order valence-corrected chi connectivity index (χ4v) is 3.26. The van der Waals surface area contributed by atoms with Crippen LogP contribution >= 0.6 is 0 Å². The molecule has 3 rings (SSSR count). The van der Waals surface area contributed by atoms with Gasteiger partial charge in [0.1, 0.15) is 0 Å². The van der Waals surface area contributed by atoms with E-state index >= 15 is 0 Å². The Bertz CT molecular complexity index is 456. The van der Waals surface area contributed by atoms with Crippen LogP contribution in [-0.2, 0) is 12.6 Å². The lowest BCUT2D eigenvalue weighted by atomic mass is 9.87. The van der Waals surface area contributed by atoms with E-state index in [2.05, 4.69) is 12.2 Å². The van der Waals surface area contributed by atoms with Gasteiger partial charge in [0.05, 0.1) is 5.56 Å². The van der Waals surface area contributed by atoms with Gasteiger partial charge in [0.2, 0.25) is 0 Å². The standard InChI is InChI=1S/C15H15F3/c16-15(17,18)14-5-2-10(3-6-14)7-13-9-11-1-4-12(13)8-11/h1-6,11-13H,7-9H2. The van der Waals surface area contributed by atoms with Gasteiger partial charge in [0.25, 0.3) is 0 Å². The summed E-state index contributed by atoms with van der Waals surface area (Å²) in [5.41, 5.74) is 0.466. The Labute approximate surface area is 105 Å². The van der Waals surface area contributed by atoms with Crippen molar-refractivity contribution in [3.63, 3.8) is 0 Å². The van der Waals surface area contributed by atoms with Gasteiger partial charge in [-0.3, -0.25) is 0 Å². The highest BCUT2D eigenvalue weighted by molar-refractivity contribution is 5.26. The second-order valence-electron chi connectivity index (χ2n) is 5.44.